The van der Waals surface area contributed by atoms with Crippen LogP contribution >= 0.6 is 0 Å². The minimum absolute atomic E-state index is 0.159. The average Bonchev–Trinajstić information content (AvgIpc) is 4.11. The molecule has 4 amide bonds. The Morgan fingerprint density at radius 1 is 0.887 bits per heavy atom. The number of carbonyl (C=O) groups excluding carboxylic acids is 4. The van der Waals surface area contributed by atoms with E-state index in [1.807, 2.05) is 26.0 Å². The molecule has 7 heterocycles. The zero-order chi connectivity index (χ0) is 43.8. The Balaban J connectivity index is 1.12. The standard InChI is InChI=1S/C41H50N16O5/c1-5-56-30(14-22(3)51-56)38(60)49-41-48-29-16-25(36(44)59)19-46-37(29)55(41)12-8-7-11-54-33-28(47-40(54)50-39(61)34-32(42)23(4)52-57(34)6-2)15-24(35(43)58)17-31(33)62-13-9-10-53-21-26-18-27(53)20-45-26/h7-8,14-17,19,26-27,45H,5-6,9-13,18,20-21,42H2,1-4H3,(H2,43,58)(H2,44,59)(H,47,50,61)(H,48,49,60)/b8-7+/t26-,27-/m0/s1. The molecule has 0 spiro atoms. The molecule has 2 atom stereocenters. The van der Waals surface area contributed by atoms with Crippen LogP contribution in [0.4, 0.5) is 17.6 Å². The maximum atomic E-state index is 13.9. The highest BCUT2D eigenvalue weighted by molar-refractivity contribution is 6.07. The summed E-state index contributed by atoms with van der Waals surface area (Å²) in [5, 5.41) is 18.1. The molecule has 1 aromatic carbocycles. The summed E-state index contributed by atoms with van der Waals surface area (Å²) in [6, 6.07) is 7.42. The molecule has 6 aromatic rings. The first-order valence-corrected chi connectivity index (χ1v) is 20.6. The number of carbonyl (C=O) groups is 4. The number of likely N-dealkylation sites (tertiary alicyclic amines) is 1. The van der Waals surface area contributed by atoms with E-state index in [0.29, 0.717) is 76.8 Å². The van der Waals surface area contributed by atoms with Crippen LogP contribution in [0.1, 0.15) is 79.8 Å². The van der Waals surface area contributed by atoms with Crippen molar-refractivity contribution in [3.8, 4) is 5.75 Å². The van der Waals surface area contributed by atoms with Gasteiger partial charge in [0.1, 0.15) is 28.2 Å². The van der Waals surface area contributed by atoms with Gasteiger partial charge in [-0.05, 0) is 64.8 Å². The molecule has 21 nitrogen and oxygen atoms in total. The number of primary amides is 2. The minimum Gasteiger partial charge on any atom is -0.491 e. The lowest BCUT2D eigenvalue weighted by Gasteiger charge is -2.27. The van der Waals surface area contributed by atoms with E-state index in [2.05, 4.69) is 41.0 Å². The first-order valence-electron chi connectivity index (χ1n) is 20.6. The summed E-state index contributed by atoms with van der Waals surface area (Å²) in [5.41, 5.74) is 21.6. The van der Waals surface area contributed by atoms with Gasteiger partial charge in [-0.3, -0.25) is 48.6 Å². The highest BCUT2D eigenvalue weighted by atomic mass is 16.5. The van der Waals surface area contributed by atoms with Gasteiger partial charge >= 0.3 is 0 Å². The quantitative estimate of drug-likeness (QED) is 0.0568. The summed E-state index contributed by atoms with van der Waals surface area (Å²) in [7, 11) is 0. The molecule has 2 aliphatic heterocycles. The lowest BCUT2D eigenvalue weighted by molar-refractivity contribution is 0.0991. The number of nitrogen functional groups attached to an aromatic ring is 1. The summed E-state index contributed by atoms with van der Waals surface area (Å²) in [4.78, 5) is 68.4. The van der Waals surface area contributed by atoms with Crippen LogP contribution in [0, 0.1) is 13.8 Å². The van der Waals surface area contributed by atoms with Crippen LogP contribution in [0.25, 0.3) is 22.2 Å². The number of aromatic nitrogens is 9. The molecule has 0 saturated carbocycles. The van der Waals surface area contributed by atoms with Crippen LogP contribution in [0.5, 0.6) is 5.75 Å². The number of benzene rings is 1. The smallest absolute Gasteiger partial charge is 0.278 e. The largest absolute Gasteiger partial charge is 0.491 e. The number of piperazine rings is 1. The first-order chi connectivity index (χ1) is 29.8. The molecule has 2 saturated heterocycles. The van der Waals surface area contributed by atoms with Crippen LogP contribution < -0.4 is 37.9 Å². The topological polar surface area (TPSA) is 279 Å². The Kier molecular flexibility index (Phi) is 11.5. The molecule has 21 heteroatoms. The number of nitrogens with one attached hydrogen (secondary N) is 3. The van der Waals surface area contributed by atoms with Crippen LogP contribution in [-0.4, -0.2) is 111 Å². The van der Waals surface area contributed by atoms with Gasteiger partial charge in [-0.25, -0.2) is 15.0 Å². The van der Waals surface area contributed by atoms with E-state index in [0.717, 1.165) is 32.5 Å². The van der Waals surface area contributed by atoms with Crippen molar-refractivity contribution in [1.29, 1.82) is 0 Å². The molecule has 9 N–H and O–H groups in total. The van der Waals surface area contributed by atoms with Gasteiger partial charge in [0.05, 0.1) is 34.8 Å². The molecule has 0 unspecified atom stereocenters. The van der Waals surface area contributed by atoms with Crippen LogP contribution in [0.2, 0.25) is 0 Å². The third-order valence-corrected chi connectivity index (χ3v) is 11.3. The van der Waals surface area contributed by atoms with Gasteiger partial charge in [0.25, 0.3) is 11.8 Å². The van der Waals surface area contributed by atoms with Crippen molar-refractivity contribution >= 4 is 63.4 Å². The highest BCUT2D eigenvalue weighted by Crippen LogP contribution is 2.32. The number of ether oxygens (including phenoxy) is 1. The molecule has 2 fully saturated rings. The van der Waals surface area contributed by atoms with Crippen molar-refractivity contribution in [2.24, 2.45) is 11.5 Å². The third-order valence-electron chi connectivity index (χ3n) is 11.3. The maximum Gasteiger partial charge on any atom is 0.278 e. The summed E-state index contributed by atoms with van der Waals surface area (Å²) in [5.74, 6) is -1.57. The second kappa shape index (κ2) is 17.1. The number of hydrogen-bond donors (Lipinski definition) is 6. The van der Waals surface area contributed by atoms with E-state index >= 15 is 0 Å². The number of nitrogens with zero attached hydrogens (tertiary/aromatic N) is 10. The van der Waals surface area contributed by atoms with E-state index in [-0.39, 0.29) is 47.5 Å². The number of rotatable bonds is 17. The summed E-state index contributed by atoms with van der Waals surface area (Å²) in [6.45, 7) is 11.7. The maximum absolute atomic E-state index is 13.9. The average molecular weight is 847 g/mol. The number of nitrogens with two attached hydrogens (primary N) is 3. The molecule has 0 radical (unpaired) electrons. The van der Waals surface area contributed by atoms with Gasteiger partial charge in [-0.1, -0.05) is 12.2 Å². The number of pyridine rings is 1. The Labute approximate surface area is 355 Å². The van der Waals surface area contributed by atoms with E-state index in [4.69, 9.17) is 26.9 Å². The number of amides is 4. The highest BCUT2D eigenvalue weighted by Gasteiger charge is 2.37. The van der Waals surface area contributed by atoms with Gasteiger partial charge in [0.2, 0.25) is 23.7 Å². The number of aryl methyl sites for hydroxylation is 4. The van der Waals surface area contributed by atoms with Crippen molar-refractivity contribution in [3.63, 3.8) is 0 Å². The van der Waals surface area contributed by atoms with Crippen LogP contribution in [0.15, 0.2) is 42.6 Å². The van der Waals surface area contributed by atoms with Crippen LogP contribution in [0.3, 0.4) is 0 Å². The number of fused-ring (bicyclic) bond motifs is 4. The second-order valence-electron chi connectivity index (χ2n) is 15.5. The first kappa shape index (κ1) is 41.6. The molecule has 2 bridgehead atoms. The van der Waals surface area contributed by atoms with Crippen molar-refractivity contribution in [2.75, 3.05) is 42.6 Å². The van der Waals surface area contributed by atoms with Gasteiger partial charge in [-0.15, -0.1) is 0 Å². The molecule has 324 valence electrons. The van der Waals surface area contributed by atoms with E-state index in [9.17, 15) is 19.2 Å². The van der Waals surface area contributed by atoms with Crippen molar-refractivity contribution in [1.82, 2.24) is 53.9 Å². The Morgan fingerprint density at radius 3 is 2.27 bits per heavy atom. The predicted octanol–water partition coefficient (Wildman–Crippen LogP) is 2.19. The molecule has 5 aromatic heterocycles. The fourth-order valence-corrected chi connectivity index (χ4v) is 8.26. The van der Waals surface area contributed by atoms with Gasteiger partial charge in [-0.2, -0.15) is 10.2 Å². The number of anilines is 3. The van der Waals surface area contributed by atoms with Gasteiger partial charge in [0, 0.05) is 69.7 Å². The number of hydrogen-bond acceptors (Lipinski definition) is 13. The monoisotopic (exact) mass is 846 g/mol. The van der Waals surface area contributed by atoms with Crippen LogP contribution in [-0.2, 0) is 26.2 Å². The fraction of sp³-hybridized carbons (Fsp3) is 0.390. The van der Waals surface area contributed by atoms with E-state index in [1.165, 1.54) is 16.9 Å². The molecule has 62 heavy (non-hydrogen) atoms. The van der Waals surface area contributed by atoms with E-state index < -0.39 is 23.6 Å². The van der Waals surface area contributed by atoms with Crippen molar-refractivity contribution in [3.05, 3.63) is 76.5 Å². The molecule has 8 rings (SSSR count). The Bertz CT molecular complexity index is 2760. The Hall–Kier alpha value is -7.13. The molecule has 2 aliphatic rings. The lowest BCUT2D eigenvalue weighted by Crippen LogP contribution is -2.44. The summed E-state index contributed by atoms with van der Waals surface area (Å²) in [6.07, 6.45) is 6.93. The van der Waals surface area contributed by atoms with Crippen molar-refractivity contribution in [2.45, 2.75) is 78.8 Å². The normalized spacial score (nSPS) is 16.3. The number of allylic oxidation sites excluding steroid dienone is 2. The lowest BCUT2D eigenvalue weighted by atomic mass is 10.1. The van der Waals surface area contributed by atoms with Crippen molar-refractivity contribution < 1.29 is 23.9 Å². The van der Waals surface area contributed by atoms with E-state index in [1.54, 1.807) is 45.9 Å². The molecular formula is C41H50N16O5. The molecular weight excluding hydrogens is 797 g/mol. The Morgan fingerprint density at radius 2 is 1.58 bits per heavy atom. The third kappa shape index (κ3) is 8.06. The number of imidazole rings is 2. The zero-order valence-electron chi connectivity index (χ0n) is 35.0. The zero-order valence-corrected chi connectivity index (χ0v) is 35.0. The molecule has 0 aliphatic carbocycles. The predicted molar refractivity (Wildman–Crippen MR) is 231 cm³/mol. The second-order valence-corrected chi connectivity index (χ2v) is 15.5. The van der Waals surface area contributed by atoms with Gasteiger partial charge < -0.3 is 31.8 Å². The fourth-order valence-electron chi connectivity index (χ4n) is 8.26. The summed E-state index contributed by atoms with van der Waals surface area (Å²) >= 11 is 0. The summed E-state index contributed by atoms with van der Waals surface area (Å²) < 4.78 is 13.0. The minimum atomic E-state index is -0.670. The van der Waals surface area contributed by atoms with Gasteiger partial charge in [0.15, 0.2) is 5.65 Å². The SMILES string of the molecule is CCn1nc(C)cc1C(=O)Nc1nc2cc(C(N)=O)cnc2n1C/C=C/Cn1c(NC(=O)c2c(N)c(C)nn2CC)nc2cc(C(N)=O)cc(OCCCN3C[C@@H]4C[C@H]3CN4)c21.